The summed E-state index contributed by atoms with van der Waals surface area (Å²) >= 11 is 1.74. The Labute approximate surface area is 145 Å². The SMILES string of the molecule is COc1ccc(CC(=O)N2CCSc3c2c(C)nn3C)cc1OC. The van der Waals surface area contributed by atoms with Gasteiger partial charge < -0.3 is 14.4 Å². The number of carbonyl (C=O) groups excluding carboxylic acids is 1. The first-order chi connectivity index (χ1) is 11.5. The molecular weight excluding hydrogens is 326 g/mol. The van der Waals surface area contributed by atoms with Crippen LogP contribution >= 0.6 is 11.8 Å². The molecule has 0 saturated carbocycles. The van der Waals surface area contributed by atoms with E-state index in [1.54, 1.807) is 26.0 Å². The van der Waals surface area contributed by atoms with E-state index < -0.39 is 0 Å². The van der Waals surface area contributed by atoms with E-state index in [4.69, 9.17) is 9.47 Å². The zero-order valence-electron chi connectivity index (χ0n) is 14.3. The molecule has 1 amide bonds. The van der Waals surface area contributed by atoms with Gasteiger partial charge >= 0.3 is 0 Å². The van der Waals surface area contributed by atoms with E-state index in [0.717, 1.165) is 27.7 Å². The van der Waals surface area contributed by atoms with Crippen molar-refractivity contribution in [2.75, 3.05) is 31.4 Å². The number of ether oxygens (including phenoxy) is 2. The van der Waals surface area contributed by atoms with Gasteiger partial charge in [-0.15, -0.1) is 11.8 Å². The van der Waals surface area contributed by atoms with E-state index in [1.165, 1.54) is 0 Å². The Kier molecular flexibility index (Phi) is 4.71. The average molecular weight is 347 g/mol. The molecule has 1 aromatic carbocycles. The molecule has 2 aromatic rings. The second-order valence-corrected chi connectivity index (χ2v) is 6.71. The molecular formula is C17H21N3O3S. The summed E-state index contributed by atoms with van der Waals surface area (Å²) in [6, 6.07) is 5.58. The molecule has 1 aromatic heterocycles. The van der Waals surface area contributed by atoms with Crippen LogP contribution in [0, 0.1) is 6.92 Å². The molecule has 24 heavy (non-hydrogen) atoms. The predicted octanol–water partition coefficient (Wildman–Crippen LogP) is 2.43. The smallest absolute Gasteiger partial charge is 0.231 e. The Balaban J connectivity index is 1.84. The zero-order chi connectivity index (χ0) is 17.3. The largest absolute Gasteiger partial charge is 0.493 e. The number of aryl methyl sites for hydroxylation is 2. The Bertz CT molecular complexity index is 773. The summed E-state index contributed by atoms with van der Waals surface area (Å²) < 4.78 is 12.4. The molecule has 1 aliphatic rings. The van der Waals surface area contributed by atoms with Crippen molar-refractivity contribution >= 4 is 23.4 Å². The lowest BCUT2D eigenvalue weighted by Crippen LogP contribution is -2.36. The molecule has 0 unspecified atom stereocenters. The van der Waals surface area contributed by atoms with Gasteiger partial charge in [-0.05, 0) is 24.6 Å². The molecule has 2 heterocycles. The molecule has 0 radical (unpaired) electrons. The second-order valence-electron chi connectivity index (χ2n) is 5.62. The molecule has 0 saturated heterocycles. The number of thioether (sulfide) groups is 1. The molecule has 1 aliphatic heterocycles. The van der Waals surface area contributed by atoms with Crippen molar-refractivity contribution in [2.45, 2.75) is 18.4 Å². The number of aromatic nitrogens is 2. The van der Waals surface area contributed by atoms with Crippen LogP contribution in [0.15, 0.2) is 23.2 Å². The molecule has 128 valence electrons. The minimum Gasteiger partial charge on any atom is -0.493 e. The highest BCUT2D eigenvalue weighted by Gasteiger charge is 2.28. The standard InChI is InChI=1S/C17H21N3O3S/c1-11-16-17(19(2)18-11)24-8-7-20(16)15(21)10-12-5-6-13(22-3)14(9-12)23-4/h5-6,9H,7-8,10H2,1-4H3. The van der Waals surface area contributed by atoms with Crippen molar-refractivity contribution in [1.82, 2.24) is 9.78 Å². The molecule has 0 atom stereocenters. The van der Waals surface area contributed by atoms with E-state index in [1.807, 2.05) is 41.8 Å². The average Bonchev–Trinajstić information content (AvgIpc) is 2.89. The van der Waals surface area contributed by atoms with Crippen molar-refractivity contribution in [2.24, 2.45) is 7.05 Å². The second kappa shape index (κ2) is 6.76. The summed E-state index contributed by atoms with van der Waals surface area (Å²) in [4.78, 5) is 14.7. The maximum absolute atomic E-state index is 12.9. The van der Waals surface area contributed by atoms with Gasteiger partial charge in [0, 0.05) is 19.3 Å². The number of rotatable bonds is 4. The van der Waals surface area contributed by atoms with Gasteiger partial charge in [-0.3, -0.25) is 9.48 Å². The third-order valence-electron chi connectivity index (χ3n) is 4.07. The van der Waals surface area contributed by atoms with Gasteiger partial charge in [0.15, 0.2) is 11.5 Å². The summed E-state index contributed by atoms with van der Waals surface area (Å²) in [6.45, 7) is 2.65. The fourth-order valence-electron chi connectivity index (χ4n) is 2.95. The van der Waals surface area contributed by atoms with Crippen LogP contribution in [0.2, 0.25) is 0 Å². The third-order valence-corrected chi connectivity index (χ3v) is 5.18. The monoisotopic (exact) mass is 347 g/mol. The van der Waals surface area contributed by atoms with Crippen molar-refractivity contribution in [3.8, 4) is 11.5 Å². The van der Waals surface area contributed by atoms with E-state index in [9.17, 15) is 4.79 Å². The van der Waals surface area contributed by atoms with Crippen LogP contribution in [0.5, 0.6) is 11.5 Å². The molecule has 0 bridgehead atoms. The van der Waals surface area contributed by atoms with Crippen LogP contribution in [-0.2, 0) is 18.3 Å². The predicted molar refractivity (Wildman–Crippen MR) is 94.3 cm³/mol. The van der Waals surface area contributed by atoms with Crippen molar-refractivity contribution in [3.63, 3.8) is 0 Å². The van der Waals surface area contributed by atoms with Crippen LogP contribution in [0.4, 0.5) is 5.69 Å². The lowest BCUT2D eigenvalue weighted by Gasteiger charge is -2.27. The molecule has 0 spiro atoms. The topological polar surface area (TPSA) is 56.6 Å². The van der Waals surface area contributed by atoms with E-state index in [-0.39, 0.29) is 5.91 Å². The van der Waals surface area contributed by atoms with Gasteiger partial charge in [0.05, 0.1) is 32.0 Å². The molecule has 0 aliphatic carbocycles. The van der Waals surface area contributed by atoms with Gasteiger partial charge in [0.1, 0.15) is 5.03 Å². The molecule has 3 rings (SSSR count). The summed E-state index contributed by atoms with van der Waals surface area (Å²) in [5.74, 6) is 2.24. The third kappa shape index (κ3) is 2.96. The number of nitrogens with zero attached hydrogens (tertiary/aromatic N) is 3. The number of amides is 1. The highest BCUT2D eigenvalue weighted by molar-refractivity contribution is 7.99. The Morgan fingerprint density at radius 2 is 2.04 bits per heavy atom. The summed E-state index contributed by atoms with van der Waals surface area (Å²) in [6.07, 6.45) is 0.318. The molecule has 6 nitrogen and oxygen atoms in total. The summed E-state index contributed by atoms with van der Waals surface area (Å²) in [5, 5.41) is 5.50. The first-order valence-corrected chi connectivity index (χ1v) is 8.71. The van der Waals surface area contributed by atoms with Gasteiger partial charge in [-0.2, -0.15) is 5.10 Å². The maximum atomic E-state index is 12.9. The Morgan fingerprint density at radius 1 is 1.29 bits per heavy atom. The molecule has 7 heteroatoms. The number of hydrogen-bond acceptors (Lipinski definition) is 5. The Morgan fingerprint density at radius 3 is 2.75 bits per heavy atom. The van der Waals surface area contributed by atoms with Crippen molar-refractivity contribution in [3.05, 3.63) is 29.5 Å². The van der Waals surface area contributed by atoms with Crippen LogP contribution in [0.1, 0.15) is 11.3 Å². The Hall–Kier alpha value is -2.15. The molecule has 0 fully saturated rings. The van der Waals surface area contributed by atoms with E-state index >= 15 is 0 Å². The number of methoxy groups -OCH3 is 2. The first kappa shape index (κ1) is 16.7. The minimum atomic E-state index is 0.0693. The fourth-order valence-corrected chi connectivity index (χ4v) is 4.04. The van der Waals surface area contributed by atoms with Gasteiger partial charge in [-0.1, -0.05) is 6.07 Å². The number of anilines is 1. The number of hydrogen-bond donors (Lipinski definition) is 0. The van der Waals surface area contributed by atoms with Crippen LogP contribution < -0.4 is 14.4 Å². The minimum absolute atomic E-state index is 0.0693. The lowest BCUT2D eigenvalue weighted by atomic mass is 10.1. The normalized spacial score (nSPS) is 13.6. The molecule has 0 N–H and O–H groups in total. The maximum Gasteiger partial charge on any atom is 0.231 e. The number of fused-ring (bicyclic) bond motifs is 1. The lowest BCUT2D eigenvalue weighted by molar-refractivity contribution is -0.118. The van der Waals surface area contributed by atoms with Gasteiger partial charge in [0.25, 0.3) is 0 Å². The quantitative estimate of drug-likeness (QED) is 0.850. The first-order valence-electron chi connectivity index (χ1n) is 7.72. The number of benzene rings is 1. The number of carbonyl (C=O) groups is 1. The van der Waals surface area contributed by atoms with Crippen molar-refractivity contribution in [1.29, 1.82) is 0 Å². The van der Waals surface area contributed by atoms with E-state index in [2.05, 4.69) is 5.10 Å². The van der Waals surface area contributed by atoms with Crippen molar-refractivity contribution < 1.29 is 14.3 Å². The summed E-state index contributed by atoms with van der Waals surface area (Å²) in [5.41, 5.74) is 2.73. The zero-order valence-corrected chi connectivity index (χ0v) is 15.1. The van der Waals surface area contributed by atoms with Gasteiger partial charge in [-0.25, -0.2) is 0 Å². The summed E-state index contributed by atoms with van der Waals surface area (Å²) in [7, 11) is 5.11. The van der Waals surface area contributed by atoms with E-state index in [0.29, 0.717) is 24.5 Å². The highest BCUT2D eigenvalue weighted by atomic mass is 32.2. The van der Waals surface area contributed by atoms with Crippen LogP contribution in [0.3, 0.4) is 0 Å². The van der Waals surface area contributed by atoms with Gasteiger partial charge in [0.2, 0.25) is 5.91 Å². The fraction of sp³-hybridized carbons (Fsp3) is 0.412. The van der Waals surface area contributed by atoms with Crippen LogP contribution in [-0.4, -0.2) is 42.2 Å². The highest BCUT2D eigenvalue weighted by Crippen LogP contribution is 2.37. The van der Waals surface area contributed by atoms with Crippen LogP contribution in [0.25, 0.3) is 0 Å².